The van der Waals surface area contributed by atoms with Crippen LogP contribution in [0.1, 0.15) is 36.1 Å². The summed E-state index contributed by atoms with van der Waals surface area (Å²) in [6.07, 6.45) is 2.18. The van der Waals surface area contributed by atoms with Crippen molar-refractivity contribution in [2.24, 2.45) is 0 Å². The second kappa shape index (κ2) is 10.7. The Balaban J connectivity index is 1.57. The summed E-state index contributed by atoms with van der Waals surface area (Å²) in [5.41, 5.74) is 4.94. The molecular formula is C26H37N5O3S. The van der Waals surface area contributed by atoms with E-state index in [0.717, 1.165) is 51.1 Å². The maximum Gasteiger partial charge on any atom is 0.240 e. The Morgan fingerprint density at radius 2 is 1.77 bits per heavy atom. The van der Waals surface area contributed by atoms with Crippen molar-refractivity contribution in [2.75, 3.05) is 63.6 Å². The van der Waals surface area contributed by atoms with Crippen molar-refractivity contribution in [3.05, 3.63) is 53.1 Å². The second-order valence-electron chi connectivity index (χ2n) is 9.78. The lowest BCUT2D eigenvalue weighted by Crippen LogP contribution is -2.48. The zero-order valence-electron chi connectivity index (χ0n) is 21.2. The van der Waals surface area contributed by atoms with E-state index in [9.17, 15) is 13.2 Å². The number of hydrogen-bond donors (Lipinski definition) is 2. The van der Waals surface area contributed by atoms with E-state index >= 15 is 0 Å². The van der Waals surface area contributed by atoms with Gasteiger partial charge in [0, 0.05) is 70.7 Å². The van der Waals surface area contributed by atoms with Gasteiger partial charge < -0.3 is 15.1 Å². The van der Waals surface area contributed by atoms with Crippen molar-refractivity contribution in [3.8, 4) is 0 Å². The Labute approximate surface area is 209 Å². The molecule has 0 radical (unpaired) electrons. The minimum atomic E-state index is -3.72. The number of aryl methyl sites for hydroxylation is 2. The quantitative estimate of drug-likeness (QED) is 0.609. The fourth-order valence-electron chi connectivity index (χ4n) is 5.10. The molecule has 4 rings (SSSR count). The van der Waals surface area contributed by atoms with E-state index in [1.807, 2.05) is 0 Å². The molecule has 0 aromatic heterocycles. The summed E-state index contributed by atoms with van der Waals surface area (Å²) in [5.74, 6) is -0.190. The van der Waals surface area contributed by atoms with Crippen LogP contribution in [-0.4, -0.2) is 77.5 Å². The summed E-state index contributed by atoms with van der Waals surface area (Å²) in [6, 6.07) is 11.4. The van der Waals surface area contributed by atoms with Gasteiger partial charge in [-0.3, -0.25) is 9.69 Å². The number of benzene rings is 2. The number of hydrogen-bond acceptors (Lipinski definition) is 6. The summed E-state index contributed by atoms with van der Waals surface area (Å²) in [5, 5.41) is 2.70. The molecule has 1 saturated heterocycles. The summed E-state index contributed by atoms with van der Waals surface area (Å²) in [6.45, 7) is 8.24. The van der Waals surface area contributed by atoms with Gasteiger partial charge >= 0.3 is 0 Å². The molecule has 2 aromatic carbocycles. The number of carbonyl (C=O) groups is 1. The maximum absolute atomic E-state index is 13.3. The number of piperazine rings is 1. The van der Waals surface area contributed by atoms with Crippen LogP contribution in [0.4, 0.5) is 11.4 Å². The molecule has 0 spiro atoms. The monoisotopic (exact) mass is 499 g/mol. The zero-order valence-corrected chi connectivity index (χ0v) is 22.0. The SMILES string of the molecule is CC(=O)Nc1ccc(S(=O)(=O)NCC(c2ccc3c(c2)CCCN3C)N2CCN(C)CC2)c(C)c1. The molecule has 1 atom stereocenters. The molecule has 0 bridgehead atoms. The third-order valence-corrected chi connectivity index (χ3v) is 8.65. The number of likely N-dealkylation sites (N-methyl/N-ethyl adjacent to an activating group) is 1. The van der Waals surface area contributed by atoms with Gasteiger partial charge in [0.05, 0.1) is 4.90 Å². The first-order chi connectivity index (χ1) is 16.6. The van der Waals surface area contributed by atoms with Gasteiger partial charge in [-0.15, -0.1) is 0 Å². The second-order valence-corrected chi connectivity index (χ2v) is 11.5. The Kier molecular flexibility index (Phi) is 7.80. The number of carbonyl (C=O) groups excluding carboxylic acids is 1. The van der Waals surface area contributed by atoms with Gasteiger partial charge in [0.25, 0.3) is 0 Å². The van der Waals surface area contributed by atoms with E-state index in [-0.39, 0.29) is 16.8 Å². The summed E-state index contributed by atoms with van der Waals surface area (Å²) >= 11 is 0. The minimum absolute atomic E-state index is 0.0463. The van der Waals surface area contributed by atoms with Gasteiger partial charge in [0.2, 0.25) is 15.9 Å². The molecule has 8 nitrogen and oxygen atoms in total. The van der Waals surface area contributed by atoms with Crippen LogP contribution in [0.3, 0.4) is 0 Å². The highest BCUT2D eigenvalue weighted by Crippen LogP contribution is 2.31. The van der Waals surface area contributed by atoms with Crippen molar-refractivity contribution in [1.29, 1.82) is 0 Å². The van der Waals surface area contributed by atoms with Crippen LogP contribution in [0.2, 0.25) is 0 Å². The predicted molar refractivity (Wildman–Crippen MR) is 141 cm³/mol. The Morgan fingerprint density at radius 1 is 1.03 bits per heavy atom. The number of amides is 1. The van der Waals surface area contributed by atoms with Crippen molar-refractivity contribution in [3.63, 3.8) is 0 Å². The van der Waals surface area contributed by atoms with Crippen LogP contribution in [-0.2, 0) is 21.2 Å². The largest absolute Gasteiger partial charge is 0.374 e. The molecule has 1 amide bonds. The highest BCUT2D eigenvalue weighted by atomic mass is 32.2. The average Bonchev–Trinajstić information content (AvgIpc) is 2.80. The molecule has 2 aromatic rings. The molecule has 1 fully saturated rings. The maximum atomic E-state index is 13.3. The van der Waals surface area contributed by atoms with E-state index < -0.39 is 10.0 Å². The number of fused-ring (bicyclic) bond motifs is 1. The molecule has 0 aliphatic carbocycles. The van der Waals surface area contributed by atoms with Crippen molar-refractivity contribution < 1.29 is 13.2 Å². The molecule has 0 saturated carbocycles. The van der Waals surface area contributed by atoms with Gasteiger partial charge in [-0.25, -0.2) is 13.1 Å². The fraction of sp³-hybridized carbons (Fsp3) is 0.500. The molecule has 35 heavy (non-hydrogen) atoms. The first-order valence-electron chi connectivity index (χ1n) is 12.3. The van der Waals surface area contributed by atoms with E-state index in [0.29, 0.717) is 17.8 Å². The highest BCUT2D eigenvalue weighted by molar-refractivity contribution is 7.89. The molecule has 9 heteroatoms. The number of rotatable bonds is 7. The number of anilines is 2. The van der Waals surface area contributed by atoms with Gasteiger partial charge in [0.15, 0.2) is 0 Å². The van der Waals surface area contributed by atoms with Crippen LogP contribution in [0, 0.1) is 6.92 Å². The van der Waals surface area contributed by atoms with Gasteiger partial charge in [-0.05, 0) is 67.8 Å². The van der Waals surface area contributed by atoms with Crippen molar-refractivity contribution in [1.82, 2.24) is 14.5 Å². The van der Waals surface area contributed by atoms with Crippen LogP contribution in [0.15, 0.2) is 41.3 Å². The third kappa shape index (κ3) is 6.03. The Hall–Kier alpha value is -2.46. The van der Waals surface area contributed by atoms with Crippen LogP contribution in [0.25, 0.3) is 0 Å². The van der Waals surface area contributed by atoms with E-state index in [1.54, 1.807) is 25.1 Å². The molecule has 190 valence electrons. The lowest BCUT2D eigenvalue weighted by atomic mass is 9.95. The smallest absolute Gasteiger partial charge is 0.240 e. The molecule has 1 unspecified atom stereocenters. The van der Waals surface area contributed by atoms with E-state index in [1.165, 1.54) is 18.2 Å². The van der Waals surface area contributed by atoms with Crippen molar-refractivity contribution >= 4 is 27.3 Å². The normalized spacial score (nSPS) is 18.2. The van der Waals surface area contributed by atoms with Gasteiger partial charge in [-0.2, -0.15) is 0 Å². The lowest BCUT2D eigenvalue weighted by Gasteiger charge is -2.39. The summed E-state index contributed by atoms with van der Waals surface area (Å²) in [4.78, 5) is 18.6. The van der Waals surface area contributed by atoms with Crippen LogP contribution in [0.5, 0.6) is 0 Å². The molecular weight excluding hydrogens is 462 g/mol. The first-order valence-corrected chi connectivity index (χ1v) is 13.8. The van der Waals surface area contributed by atoms with Gasteiger partial charge in [-0.1, -0.05) is 12.1 Å². The molecule has 2 N–H and O–H groups in total. The van der Waals surface area contributed by atoms with E-state index in [4.69, 9.17) is 0 Å². The third-order valence-electron chi connectivity index (χ3n) is 7.07. The minimum Gasteiger partial charge on any atom is -0.374 e. The zero-order chi connectivity index (χ0) is 25.2. The number of sulfonamides is 1. The predicted octanol–water partition coefficient (Wildman–Crippen LogP) is 2.60. The fourth-order valence-corrected chi connectivity index (χ4v) is 6.36. The molecule has 2 aliphatic heterocycles. The van der Waals surface area contributed by atoms with Crippen LogP contribution >= 0.6 is 0 Å². The number of nitrogens with zero attached hydrogens (tertiary/aromatic N) is 3. The van der Waals surface area contributed by atoms with Gasteiger partial charge in [0.1, 0.15) is 0 Å². The van der Waals surface area contributed by atoms with Crippen LogP contribution < -0.4 is 14.9 Å². The standard InChI is InChI=1S/C26H37N5O3S/c1-19-16-23(28-20(2)32)8-10-26(19)35(33,34)27-18-25(31-14-12-29(3)13-15-31)22-7-9-24-21(17-22)6-5-11-30(24)4/h7-10,16-17,25,27H,5-6,11-15,18H2,1-4H3,(H,28,32). The Bertz CT molecular complexity index is 1180. The topological polar surface area (TPSA) is 85.0 Å². The average molecular weight is 500 g/mol. The summed E-state index contributed by atoms with van der Waals surface area (Å²) in [7, 11) is 0.528. The number of nitrogens with one attached hydrogen (secondary N) is 2. The van der Waals surface area contributed by atoms with Crippen molar-refractivity contribution in [2.45, 2.75) is 37.6 Å². The lowest BCUT2D eigenvalue weighted by molar-refractivity contribution is -0.114. The first kappa shape index (κ1) is 25.6. The summed E-state index contributed by atoms with van der Waals surface area (Å²) < 4.78 is 29.5. The Morgan fingerprint density at radius 3 is 2.46 bits per heavy atom. The highest BCUT2D eigenvalue weighted by Gasteiger charge is 2.28. The molecule has 2 aliphatic rings. The van der Waals surface area contributed by atoms with E-state index in [2.05, 4.69) is 57.0 Å². The molecule has 2 heterocycles.